The van der Waals surface area contributed by atoms with Gasteiger partial charge in [0.1, 0.15) is 0 Å². The normalized spacial score (nSPS) is 14.9. The minimum absolute atomic E-state index is 0.521. The van der Waals surface area contributed by atoms with Gasteiger partial charge in [-0.25, -0.2) is 0 Å². The lowest BCUT2D eigenvalue weighted by Crippen LogP contribution is -1.97. The lowest BCUT2D eigenvalue weighted by atomic mass is 10.00. The second kappa shape index (κ2) is 4.40. The minimum Gasteiger partial charge on any atom is -0.389 e. The van der Waals surface area contributed by atoms with Crippen molar-refractivity contribution in [3.8, 4) is 0 Å². The van der Waals surface area contributed by atoms with Crippen LogP contribution in [0.1, 0.15) is 42.7 Å². The largest absolute Gasteiger partial charge is 0.389 e. The fourth-order valence-electron chi connectivity index (χ4n) is 1.30. The highest BCUT2D eigenvalue weighted by Crippen LogP contribution is 2.21. The third-order valence-electron chi connectivity index (χ3n) is 2.20. The highest BCUT2D eigenvalue weighted by atomic mass is 16.3. The van der Waals surface area contributed by atoms with Crippen molar-refractivity contribution in [2.75, 3.05) is 0 Å². The van der Waals surface area contributed by atoms with Crippen molar-refractivity contribution in [1.82, 2.24) is 0 Å². The third-order valence-corrected chi connectivity index (χ3v) is 2.20. The van der Waals surface area contributed by atoms with Gasteiger partial charge in [-0.05, 0) is 42.7 Å². The van der Waals surface area contributed by atoms with Gasteiger partial charge in [0.2, 0.25) is 0 Å². The summed E-state index contributed by atoms with van der Waals surface area (Å²) in [5.41, 5.74) is 2.52. The Kier molecular flexibility index (Phi) is 3.44. The van der Waals surface area contributed by atoms with Crippen LogP contribution in [0, 0.1) is 0 Å². The molecule has 0 spiro atoms. The van der Waals surface area contributed by atoms with Crippen LogP contribution in [0.15, 0.2) is 24.8 Å². The van der Waals surface area contributed by atoms with Crippen LogP contribution < -0.4 is 0 Å². The zero-order valence-electron chi connectivity index (χ0n) is 8.57. The first-order valence-electron chi connectivity index (χ1n) is 4.68. The van der Waals surface area contributed by atoms with Crippen LogP contribution in [-0.2, 0) is 0 Å². The number of benzene rings is 1. The van der Waals surface area contributed by atoms with E-state index >= 15 is 0 Å². The molecule has 0 heterocycles. The van der Waals surface area contributed by atoms with E-state index in [-0.39, 0.29) is 0 Å². The average molecular weight is 192 g/mol. The van der Waals surface area contributed by atoms with Crippen LogP contribution in [0.5, 0.6) is 0 Å². The zero-order chi connectivity index (χ0) is 10.7. The molecule has 0 fully saturated rings. The fourth-order valence-corrected chi connectivity index (χ4v) is 1.30. The van der Waals surface area contributed by atoms with Crippen molar-refractivity contribution in [2.24, 2.45) is 0 Å². The Morgan fingerprint density at radius 2 is 1.50 bits per heavy atom. The molecule has 14 heavy (non-hydrogen) atoms. The van der Waals surface area contributed by atoms with Gasteiger partial charge in [0.25, 0.3) is 0 Å². The third kappa shape index (κ3) is 2.44. The van der Waals surface area contributed by atoms with Gasteiger partial charge in [0.15, 0.2) is 0 Å². The van der Waals surface area contributed by atoms with E-state index in [4.69, 9.17) is 0 Å². The van der Waals surface area contributed by atoms with Gasteiger partial charge in [0, 0.05) is 0 Å². The minimum atomic E-state index is -0.521. The van der Waals surface area contributed by atoms with Crippen LogP contribution in [0.3, 0.4) is 0 Å². The summed E-state index contributed by atoms with van der Waals surface area (Å²) in [5.74, 6) is 0. The van der Waals surface area contributed by atoms with E-state index in [1.807, 2.05) is 18.2 Å². The van der Waals surface area contributed by atoms with Crippen LogP contribution in [0.25, 0.3) is 6.08 Å². The molecule has 1 aromatic rings. The Bertz CT molecular complexity index is 301. The topological polar surface area (TPSA) is 40.5 Å². The Hall–Kier alpha value is -1.12. The monoisotopic (exact) mass is 192 g/mol. The molecular formula is C12H16O2. The first-order valence-corrected chi connectivity index (χ1v) is 4.68. The molecule has 2 heteroatoms. The molecule has 0 saturated carbocycles. The fraction of sp³-hybridized carbons (Fsp3) is 0.333. The SMILES string of the molecule is C=Cc1cc(C(C)O)cc(C(C)O)c1. The molecule has 76 valence electrons. The summed E-state index contributed by atoms with van der Waals surface area (Å²) in [6.07, 6.45) is 0.664. The number of aliphatic hydroxyl groups is 2. The molecule has 0 saturated heterocycles. The molecule has 0 aliphatic heterocycles. The van der Waals surface area contributed by atoms with E-state index in [0.29, 0.717) is 0 Å². The smallest absolute Gasteiger partial charge is 0.0762 e. The maximum Gasteiger partial charge on any atom is 0.0762 e. The van der Waals surface area contributed by atoms with Crippen molar-refractivity contribution in [3.05, 3.63) is 41.5 Å². The van der Waals surface area contributed by atoms with Crippen LogP contribution in [0.4, 0.5) is 0 Å². The van der Waals surface area contributed by atoms with Crippen molar-refractivity contribution in [2.45, 2.75) is 26.1 Å². The van der Waals surface area contributed by atoms with Gasteiger partial charge in [-0.1, -0.05) is 18.7 Å². The molecule has 2 atom stereocenters. The molecule has 0 aromatic heterocycles. The van der Waals surface area contributed by atoms with Gasteiger partial charge in [-0.3, -0.25) is 0 Å². The van der Waals surface area contributed by atoms with E-state index in [1.165, 1.54) is 0 Å². The van der Waals surface area contributed by atoms with Crippen LogP contribution >= 0.6 is 0 Å². The van der Waals surface area contributed by atoms with Crippen LogP contribution in [-0.4, -0.2) is 10.2 Å². The second-order valence-corrected chi connectivity index (χ2v) is 3.49. The Morgan fingerprint density at radius 1 is 1.07 bits per heavy atom. The standard InChI is InChI=1S/C12H16O2/c1-4-10-5-11(8(2)13)7-12(6-10)9(3)14/h4-9,13-14H,1H2,2-3H3. The molecule has 0 aliphatic rings. The zero-order valence-corrected chi connectivity index (χ0v) is 8.57. The Morgan fingerprint density at radius 3 is 1.79 bits per heavy atom. The maximum absolute atomic E-state index is 9.43. The van der Waals surface area contributed by atoms with E-state index in [0.717, 1.165) is 16.7 Å². The van der Waals surface area contributed by atoms with Gasteiger partial charge in [-0.2, -0.15) is 0 Å². The van der Waals surface area contributed by atoms with Crippen molar-refractivity contribution in [3.63, 3.8) is 0 Å². The maximum atomic E-state index is 9.43. The van der Waals surface area contributed by atoms with Crippen molar-refractivity contribution >= 4 is 6.08 Å². The highest BCUT2D eigenvalue weighted by Gasteiger charge is 2.07. The van der Waals surface area contributed by atoms with Crippen LogP contribution in [0.2, 0.25) is 0 Å². The molecule has 1 rings (SSSR count). The van der Waals surface area contributed by atoms with Gasteiger partial charge >= 0.3 is 0 Å². The summed E-state index contributed by atoms with van der Waals surface area (Å²) in [4.78, 5) is 0. The molecule has 0 radical (unpaired) electrons. The number of aliphatic hydroxyl groups excluding tert-OH is 2. The Balaban J connectivity index is 3.20. The quantitative estimate of drug-likeness (QED) is 0.772. The molecule has 0 bridgehead atoms. The van der Waals surface area contributed by atoms with E-state index < -0.39 is 12.2 Å². The predicted octanol–water partition coefficient (Wildman–Crippen LogP) is 2.44. The molecular weight excluding hydrogens is 176 g/mol. The second-order valence-electron chi connectivity index (χ2n) is 3.49. The number of hydrogen-bond donors (Lipinski definition) is 2. The number of hydrogen-bond acceptors (Lipinski definition) is 2. The van der Waals surface area contributed by atoms with E-state index in [1.54, 1.807) is 19.9 Å². The Labute approximate surface area is 84.5 Å². The summed E-state index contributed by atoms with van der Waals surface area (Å²) in [6.45, 7) is 7.07. The van der Waals surface area contributed by atoms with Gasteiger partial charge < -0.3 is 10.2 Å². The average Bonchev–Trinajstić information content (AvgIpc) is 2.16. The molecule has 0 amide bonds. The molecule has 1 aromatic carbocycles. The lowest BCUT2D eigenvalue weighted by Gasteiger charge is -2.11. The van der Waals surface area contributed by atoms with Crippen molar-refractivity contribution in [1.29, 1.82) is 0 Å². The molecule has 0 aliphatic carbocycles. The van der Waals surface area contributed by atoms with Crippen molar-refractivity contribution < 1.29 is 10.2 Å². The molecule has 2 nitrogen and oxygen atoms in total. The van der Waals surface area contributed by atoms with E-state index in [2.05, 4.69) is 6.58 Å². The predicted molar refractivity (Wildman–Crippen MR) is 57.8 cm³/mol. The highest BCUT2D eigenvalue weighted by molar-refractivity contribution is 5.50. The van der Waals surface area contributed by atoms with E-state index in [9.17, 15) is 10.2 Å². The number of rotatable bonds is 3. The van der Waals surface area contributed by atoms with Gasteiger partial charge in [0.05, 0.1) is 12.2 Å². The summed E-state index contributed by atoms with van der Waals surface area (Å²) in [6, 6.07) is 5.54. The summed E-state index contributed by atoms with van der Waals surface area (Å²) in [7, 11) is 0. The molecule has 2 N–H and O–H groups in total. The summed E-state index contributed by atoms with van der Waals surface area (Å²) in [5, 5.41) is 18.9. The molecule has 2 unspecified atom stereocenters. The summed E-state index contributed by atoms with van der Waals surface area (Å²) >= 11 is 0. The lowest BCUT2D eigenvalue weighted by molar-refractivity contribution is 0.192. The summed E-state index contributed by atoms with van der Waals surface area (Å²) < 4.78 is 0. The van der Waals surface area contributed by atoms with Gasteiger partial charge in [-0.15, -0.1) is 0 Å². The first kappa shape index (κ1) is 11.0. The first-order chi connectivity index (χ1) is 6.54.